The van der Waals surface area contributed by atoms with Gasteiger partial charge in [-0.05, 0) is 13.3 Å². The summed E-state index contributed by atoms with van der Waals surface area (Å²) in [7, 11) is 3.08. The Morgan fingerprint density at radius 3 is 2.29 bits per heavy atom. The van der Waals surface area contributed by atoms with Gasteiger partial charge in [0.15, 0.2) is 5.79 Å². The normalized spacial score (nSPS) is 14.1. The summed E-state index contributed by atoms with van der Waals surface area (Å²) in [4.78, 5) is 0. The van der Waals surface area contributed by atoms with Gasteiger partial charge in [0, 0.05) is 20.6 Å². The second kappa shape index (κ2) is 6.40. The van der Waals surface area contributed by atoms with Gasteiger partial charge in [-0.3, -0.25) is 0 Å². The molecule has 0 saturated heterocycles. The maximum Gasteiger partial charge on any atom is 0.181 e. The SMILES string of the molecule is C=C(C)C(O)CCC(CCl)(OC)OC. The minimum Gasteiger partial charge on any atom is -0.389 e. The summed E-state index contributed by atoms with van der Waals surface area (Å²) < 4.78 is 10.3. The first-order valence-corrected chi connectivity index (χ1v) is 5.04. The minimum atomic E-state index is -0.794. The van der Waals surface area contributed by atoms with Crippen LogP contribution in [0, 0.1) is 0 Å². The fraction of sp³-hybridized carbons (Fsp3) is 0.800. The van der Waals surface area contributed by atoms with Gasteiger partial charge in [0.2, 0.25) is 0 Å². The van der Waals surface area contributed by atoms with Gasteiger partial charge in [-0.15, -0.1) is 11.6 Å². The summed E-state index contributed by atoms with van der Waals surface area (Å²) in [6.45, 7) is 5.45. The van der Waals surface area contributed by atoms with Crippen molar-refractivity contribution in [3.8, 4) is 0 Å². The van der Waals surface area contributed by atoms with E-state index in [0.717, 1.165) is 5.57 Å². The van der Waals surface area contributed by atoms with Gasteiger partial charge in [-0.25, -0.2) is 0 Å². The van der Waals surface area contributed by atoms with Crippen molar-refractivity contribution in [1.82, 2.24) is 0 Å². The fourth-order valence-electron chi connectivity index (χ4n) is 1.07. The number of aliphatic hydroxyl groups is 1. The number of ether oxygens (including phenoxy) is 2. The van der Waals surface area contributed by atoms with Crippen LogP contribution in [0.5, 0.6) is 0 Å². The van der Waals surface area contributed by atoms with E-state index in [1.165, 1.54) is 0 Å². The maximum absolute atomic E-state index is 9.52. The molecule has 4 heteroatoms. The van der Waals surface area contributed by atoms with Crippen LogP contribution in [0.2, 0.25) is 0 Å². The van der Waals surface area contributed by atoms with E-state index < -0.39 is 11.9 Å². The van der Waals surface area contributed by atoms with Crippen molar-refractivity contribution in [3.63, 3.8) is 0 Å². The first-order chi connectivity index (χ1) is 6.51. The standard InChI is InChI=1S/C10H19ClO3/c1-8(2)9(12)5-6-10(7-11,13-3)14-4/h9,12H,1,5-7H2,2-4H3. The quantitative estimate of drug-likeness (QED) is 0.407. The zero-order valence-electron chi connectivity index (χ0n) is 9.05. The van der Waals surface area contributed by atoms with Crippen LogP contribution >= 0.6 is 11.6 Å². The van der Waals surface area contributed by atoms with Gasteiger partial charge in [0.05, 0.1) is 12.0 Å². The van der Waals surface area contributed by atoms with E-state index in [4.69, 9.17) is 21.1 Å². The van der Waals surface area contributed by atoms with Gasteiger partial charge in [-0.1, -0.05) is 12.2 Å². The third-order valence-electron chi connectivity index (χ3n) is 2.32. The average molecular weight is 223 g/mol. The Hall–Kier alpha value is -0.0900. The molecule has 0 heterocycles. The minimum absolute atomic E-state index is 0.239. The highest BCUT2D eigenvalue weighted by molar-refractivity contribution is 6.18. The molecule has 14 heavy (non-hydrogen) atoms. The number of rotatable bonds is 7. The van der Waals surface area contributed by atoms with E-state index in [0.29, 0.717) is 12.8 Å². The monoisotopic (exact) mass is 222 g/mol. The highest BCUT2D eigenvalue weighted by Crippen LogP contribution is 2.22. The fourth-order valence-corrected chi connectivity index (χ4v) is 1.42. The van der Waals surface area contributed by atoms with Crippen molar-refractivity contribution in [3.05, 3.63) is 12.2 Å². The van der Waals surface area contributed by atoms with Crippen molar-refractivity contribution < 1.29 is 14.6 Å². The lowest BCUT2D eigenvalue weighted by atomic mass is 10.0. The van der Waals surface area contributed by atoms with Gasteiger partial charge in [0.1, 0.15) is 0 Å². The molecular weight excluding hydrogens is 204 g/mol. The Bertz CT molecular complexity index is 170. The predicted octanol–water partition coefficient (Wildman–Crippen LogP) is 1.93. The van der Waals surface area contributed by atoms with Crippen molar-refractivity contribution in [2.24, 2.45) is 0 Å². The first kappa shape index (κ1) is 13.9. The molecule has 1 unspecified atom stereocenters. The lowest BCUT2D eigenvalue weighted by Crippen LogP contribution is -2.36. The Morgan fingerprint density at radius 2 is 2.00 bits per heavy atom. The van der Waals surface area contributed by atoms with Crippen LogP contribution in [-0.4, -0.2) is 37.1 Å². The van der Waals surface area contributed by atoms with E-state index in [9.17, 15) is 5.11 Å². The topological polar surface area (TPSA) is 38.7 Å². The molecule has 0 aliphatic heterocycles. The van der Waals surface area contributed by atoms with Gasteiger partial charge in [0.25, 0.3) is 0 Å². The maximum atomic E-state index is 9.52. The van der Waals surface area contributed by atoms with Gasteiger partial charge in [-0.2, -0.15) is 0 Å². The lowest BCUT2D eigenvalue weighted by molar-refractivity contribution is -0.196. The van der Waals surface area contributed by atoms with Crippen LogP contribution < -0.4 is 0 Å². The van der Waals surface area contributed by atoms with Crippen LogP contribution in [0.3, 0.4) is 0 Å². The highest BCUT2D eigenvalue weighted by Gasteiger charge is 2.29. The molecule has 0 aromatic rings. The summed E-state index contributed by atoms with van der Waals surface area (Å²) >= 11 is 5.73. The second-order valence-electron chi connectivity index (χ2n) is 3.35. The molecule has 1 atom stereocenters. The molecule has 0 aromatic carbocycles. The number of aliphatic hydroxyl groups excluding tert-OH is 1. The van der Waals surface area contributed by atoms with Crippen molar-refractivity contribution in [2.75, 3.05) is 20.1 Å². The molecule has 0 spiro atoms. The van der Waals surface area contributed by atoms with Crippen molar-refractivity contribution in [2.45, 2.75) is 31.7 Å². The molecule has 0 aliphatic rings. The molecule has 0 amide bonds. The van der Waals surface area contributed by atoms with E-state index in [1.807, 2.05) is 0 Å². The van der Waals surface area contributed by atoms with Crippen molar-refractivity contribution in [1.29, 1.82) is 0 Å². The number of hydrogen-bond donors (Lipinski definition) is 1. The van der Waals surface area contributed by atoms with Gasteiger partial charge >= 0.3 is 0 Å². The Balaban J connectivity index is 4.12. The zero-order chi connectivity index (χ0) is 11.2. The molecule has 0 radical (unpaired) electrons. The summed E-state index contributed by atoms with van der Waals surface area (Å²) in [6.07, 6.45) is 0.546. The third-order valence-corrected chi connectivity index (χ3v) is 2.72. The molecule has 0 fully saturated rings. The summed E-state index contributed by atoms with van der Waals surface area (Å²) in [5.41, 5.74) is 0.737. The Morgan fingerprint density at radius 1 is 1.50 bits per heavy atom. The summed E-state index contributed by atoms with van der Waals surface area (Å²) in [5.74, 6) is -0.555. The van der Waals surface area contributed by atoms with Crippen LogP contribution in [0.1, 0.15) is 19.8 Å². The zero-order valence-corrected chi connectivity index (χ0v) is 9.80. The van der Waals surface area contributed by atoms with Crippen LogP contribution in [0.25, 0.3) is 0 Å². The van der Waals surface area contributed by atoms with Crippen LogP contribution in [-0.2, 0) is 9.47 Å². The largest absolute Gasteiger partial charge is 0.389 e. The van der Waals surface area contributed by atoms with E-state index in [1.54, 1.807) is 21.1 Å². The lowest BCUT2D eigenvalue weighted by Gasteiger charge is -2.29. The van der Waals surface area contributed by atoms with E-state index >= 15 is 0 Å². The summed E-state index contributed by atoms with van der Waals surface area (Å²) in [5, 5.41) is 9.52. The van der Waals surface area contributed by atoms with Gasteiger partial charge < -0.3 is 14.6 Å². The Labute approximate surface area is 90.7 Å². The third kappa shape index (κ3) is 3.96. The Kier molecular flexibility index (Phi) is 6.36. The molecule has 0 rings (SSSR count). The van der Waals surface area contributed by atoms with E-state index in [-0.39, 0.29) is 5.88 Å². The van der Waals surface area contributed by atoms with Crippen LogP contribution in [0.15, 0.2) is 12.2 Å². The molecule has 3 nitrogen and oxygen atoms in total. The number of hydrogen-bond acceptors (Lipinski definition) is 3. The predicted molar refractivity (Wildman–Crippen MR) is 57.5 cm³/mol. The molecule has 84 valence electrons. The number of halogens is 1. The molecule has 1 N–H and O–H groups in total. The molecular formula is C10H19ClO3. The van der Waals surface area contributed by atoms with Crippen molar-refractivity contribution >= 4 is 11.6 Å². The average Bonchev–Trinajstić information content (AvgIpc) is 2.20. The highest BCUT2D eigenvalue weighted by atomic mass is 35.5. The van der Waals surface area contributed by atoms with E-state index in [2.05, 4.69) is 6.58 Å². The van der Waals surface area contributed by atoms with Crippen LogP contribution in [0.4, 0.5) is 0 Å². The molecule has 0 saturated carbocycles. The summed E-state index contributed by atoms with van der Waals surface area (Å²) in [6, 6.07) is 0. The molecule has 0 aromatic heterocycles. The number of alkyl halides is 1. The molecule has 0 bridgehead atoms. The smallest absolute Gasteiger partial charge is 0.181 e. The number of methoxy groups -OCH3 is 2. The second-order valence-corrected chi connectivity index (χ2v) is 3.62. The molecule has 0 aliphatic carbocycles. The first-order valence-electron chi connectivity index (χ1n) is 4.51.